The van der Waals surface area contributed by atoms with Crippen LogP contribution < -0.4 is 5.32 Å². The van der Waals surface area contributed by atoms with Crippen LogP contribution in [0.25, 0.3) is 0 Å². The van der Waals surface area contributed by atoms with Gasteiger partial charge in [-0.3, -0.25) is 4.90 Å². The van der Waals surface area contributed by atoms with Crippen molar-refractivity contribution in [1.29, 1.82) is 0 Å². The molecule has 1 saturated carbocycles. The molecule has 0 amide bonds. The fraction of sp³-hybridized carbons (Fsp3) is 1.00. The van der Waals surface area contributed by atoms with E-state index < -0.39 is 0 Å². The maximum Gasteiger partial charge on any atom is 0.0249 e. The first-order valence-electron chi connectivity index (χ1n) is 6.89. The van der Waals surface area contributed by atoms with E-state index in [-0.39, 0.29) is 0 Å². The average Bonchev–Trinajstić information content (AvgIpc) is 2.30. The zero-order valence-corrected chi connectivity index (χ0v) is 10.2. The highest BCUT2D eigenvalue weighted by atomic mass is 15.2. The van der Waals surface area contributed by atoms with Gasteiger partial charge >= 0.3 is 0 Å². The second-order valence-corrected chi connectivity index (χ2v) is 5.16. The molecule has 15 heavy (non-hydrogen) atoms. The Morgan fingerprint density at radius 2 is 2.07 bits per heavy atom. The van der Waals surface area contributed by atoms with E-state index in [1.807, 2.05) is 0 Å². The summed E-state index contributed by atoms with van der Waals surface area (Å²) in [5, 5.41) is 3.70. The molecule has 2 heteroatoms. The van der Waals surface area contributed by atoms with Gasteiger partial charge in [0.1, 0.15) is 0 Å². The predicted octanol–water partition coefficient (Wildman–Crippen LogP) is 2.39. The van der Waals surface area contributed by atoms with Gasteiger partial charge in [-0.05, 0) is 25.8 Å². The van der Waals surface area contributed by atoms with Crippen molar-refractivity contribution in [3.63, 3.8) is 0 Å². The lowest BCUT2D eigenvalue weighted by molar-refractivity contribution is 0.0865. The maximum atomic E-state index is 3.70. The smallest absolute Gasteiger partial charge is 0.0249 e. The first kappa shape index (κ1) is 11.4. The fourth-order valence-corrected chi connectivity index (χ4v) is 3.19. The van der Waals surface area contributed by atoms with Crippen molar-refractivity contribution in [1.82, 2.24) is 10.2 Å². The molecular weight excluding hydrogens is 184 g/mol. The minimum atomic E-state index is 0.814. The summed E-state index contributed by atoms with van der Waals surface area (Å²) in [6, 6.07) is 1.68. The molecule has 2 atom stereocenters. The molecular formula is C13H26N2. The van der Waals surface area contributed by atoms with Crippen LogP contribution in [0.3, 0.4) is 0 Å². The molecule has 2 nitrogen and oxygen atoms in total. The Morgan fingerprint density at radius 1 is 1.20 bits per heavy atom. The van der Waals surface area contributed by atoms with Crippen LogP contribution in [0.2, 0.25) is 0 Å². The molecule has 0 aromatic carbocycles. The first-order chi connectivity index (χ1) is 7.42. The fourth-order valence-electron chi connectivity index (χ4n) is 3.19. The van der Waals surface area contributed by atoms with Crippen LogP contribution in [0.4, 0.5) is 0 Å². The summed E-state index contributed by atoms with van der Waals surface area (Å²) in [4.78, 5) is 2.76. The third-order valence-electron chi connectivity index (χ3n) is 4.05. The molecule has 1 N–H and O–H groups in total. The van der Waals surface area contributed by atoms with Crippen molar-refractivity contribution in [2.75, 3.05) is 19.6 Å². The van der Waals surface area contributed by atoms with Crippen LogP contribution in [0.1, 0.15) is 51.9 Å². The Kier molecular flexibility index (Phi) is 4.45. The summed E-state index contributed by atoms with van der Waals surface area (Å²) >= 11 is 0. The Bertz CT molecular complexity index is 179. The number of piperazine rings is 1. The lowest BCUT2D eigenvalue weighted by Gasteiger charge is -2.44. The second-order valence-electron chi connectivity index (χ2n) is 5.16. The molecule has 2 aliphatic rings. The average molecular weight is 210 g/mol. The molecule has 0 aromatic rings. The van der Waals surface area contributed by atoms with Crippen LogP contribution in [0, 0.1) is 0 Å². The molecule has 0 bridgehead atoms. The molecule has 1 saturated heterocycles. The van der Waals surface area contributed by atoms with E-state index in [0.717, 1.165) is 12.1 Å². The monoisotopic (exact) mass is 210 g/mol. The summed E-state index contributed by atoms with van der Waals surface area (Å²) in [6.07, 6.45) is 9.89. The molecule has 1 aliphatic heterocycles. The van der Waals surface area contributed by atoms with Crippen LogP contribution in [0.15, 0.2) is 0 Å². The van der Waals surface area contributed by atoms with Gasteiger partial charge in [0.15, 0.2) is 0 Å². The van der Waals surface area contributed by atoms with Crippen molar-refractivity contribution in [3.05, 3.63) is 0 Å². The summed E-state index contributed by atoms with van der Waals surface area (Å²) in [7, 11) is 0. The van der Waals surface area contributed by atoms with E-state index >= 15 is 0 Å². The molecule has 0 unspecified atom stereocenters. The molecule has 1 aliphatic carbocycles. The molecule has 0 aromatic heterocycles. The van der Waals surface area contributed by atoms with Gasteiger partial charge in [-0.25, -0.2) is 0 Å². The minimum absolute atomic E-state index is 0.814. The van der Waals surface area contributed by atoms with Crippen LogP contribution in [-0.2, 0) is 0 Å². The SMILES string of the molecule is CCCCCN1CCN[C@@H]2CCCC[C@@H]21. The van der Waals surface area contributed by atoms with Crippen molar-refractivity contribution in [2.45, 2.75) is 64.0 Å². The van der Waals surface area contributed by atoms with Gasteiger partial charge in [-0.15, -0.1) is 0 Å². The molecule has 0 radical (unpaired) electrons. The predicted molar refractivity (Wildman–Crippen MR) is 65.1 cm³/mol. The van der Waals surface area contributed by atoms with Crippen molar-refractivity contribution >= 4 is 0 Å². The van der Waals surface area contributed by atoms with Crippen LogP contribution in [0.5, 0.6) is 0 Å². The number of rotatable bonds is 4. The van der Waals surface area contributed by atoms with E-state index in [0.29, 0.717) is 0 Å². The highest BCUT2D eigenvalue weighted by Crippen LogP contribution is 2.25. The zero-order chi connectivity index (χ0) is 10.5. The summed E-state index contributed by atoms with van der Waals surface area (Å²) in [5.74, 6) is 0. The lowest BCUT2D eigenvalue weighted by Crippen LogP contribution is -2.59. The van der Waals surface area contributed by atoms with E-state index in [4.69, 9.17) is 0 Å². The lowest BCUT2D eigenvalue weighted by atomic mass is 9.87. The molecule has 88 valence electrons. The number of unbranched alkanes of at least 4 members (excludes halogenated alkanes) is 2. The Hall–Kier alpha value is -0.0800. The van der Waals surface area contributed by atoms with E-state index in [1.54, 1.807) is 0 Å². The number of fused-ring (bicyclic) bond motifs is 1. The van der Waals surface area contributed by atoms with E-state index in [2.05, 4.69) is 17.1 Å². The summed E-state index contributed by atoms with van der Waals surface area (Å²) < 4.78 is 0. The van der Waals surface area contributed by atoms with Gasteiger partial charge in [-0.2, -0.15) is 0 Å². The number of nitrogens with one attached hydrogen (secondary N) is 1. The van der Waals surface area contributed by atoms with Crippen LogP contribution >= 0.6 is 0 Å². The van der Waals surface area contributed by atoms with Gasteiger partial charge in [0, 0.05) is 25.2 Å². The topological polar surface area (TPSA) is 15.3 Å². The number of hydrogen-bond donors (Lipinski definition) is 1. The molecule has 2 fully saturated rings. The molecule has 0 spiro atoms. The standard InChI is InChI=1S/C13H26N2/c1-2-3-6-10-15-11-9-14-12-7-4-5-8-13(12)15/h12-14H,2-11H2,1H3/t12-,13+/m1/s1. The normalized spacial score (nSPS) is 32.6. The van der Waals surface area contributed by atoms with Gasteiger partial charge in [-0.1, -0.05) is 32.6 Å². The molecule has 1 heterocycles. The Labute approximate surface area is 94.4 Å². The Morgan fingerprint density at radius 3 is 2.93 bits per heavy atom. The van der Waals surface area contributed by atoms with Crippen molar-refractivity contribution in [2.24, 2.45) is 0 Å². The number of nitrogens with zero attached hydrogens (tertiary/aromatic N) is 1. The highest BCUT2D eigenvalue weighted by Gasteiger charge is 2.32. The highest BCUT2D eigenvalue weighted by molar-refractivity contribution is 4.91. The van der Waals surface area contributed by atoms with Gasteiger partial charge in [0.2, 0.25) is 0 Å². The first-order valence-corrected chi connectivity index (χ1v) is 6.89. The minimum Gasteiger partial charge on any atom is -0.311 e. The maximum absolute atomic E-state index is 3.70. The van der Waals surface area contributed by atoms with Gasteiger partial charge in [0.25, 0.3) is 0 Å². The van der Waals surface area contributed by atoms with Crippen molar-refractivity contribution < 1.29 is 0 Å². The third-order valence-corrected chi connectivity index (χ3v) is 4.05. The summed E-state index contributed by atoms with van der Waals surface area (Å²) in [5.41, 5.74) is 0. The molecule has 2 rings (SSSR count). The second kappa shape index (κ2) is 5.86. The van der Waals surface area contributed by atoms with Gasteiger partial charge in [0.05, 0.1) is 0 Å². The van der Waals surface area contributed by atoms with Crippen molar-refractivity contribution in [3.8, 4) is 0 Å². The quantitative estimate of drug-likeness (QED) is 0.717. The number of hydrogen-bond acceptors (Lipinski definition) is 2. The largest absolute Gasteiger partial charge is 0.311 e. The van der Waals surface area contributed by atoms with Crippen LogP contribution in [-0.4, -0.2) is 36.6 Å². The van der Waals surface area contributed by atoms with Gasteiger partial charge < -0.3 is 5.32 Å². The summed E-state index contributed by atoms with van der Waals surface area (Å²) in [6.45, 7) is 6.13. The zero-order valence-electron chi connectivity index (χ0n) is 10.2. The van der Waals surface area contributed by atoms with E-state index in [1.165, 1.54) is 64.6 Å². The third kappa shape index (κ3) is 2.94. The van der Waals surface area contributed by atoms with E-state index in [9.17, 15) is 0 Å². The Balaban J connectivity index is 1.81.